The Hall–Kier alpha value is -1.39. The molecule has 0 saturated carbocycles. The summed E-state index contributed by atoms with van der Waals surface area (Å²) in [6, 6.07) is 0. The van der Waals surface area contributed by atoms with Crippen molar-refractivity contribution in [2.45, 2.75) is 12.8 Å². The highest BCUT2D eigenvalue weighted by Gasteiger charge is 2.29. The molecule has 0 aliphatic carbocycles. The number of amides is 2. The topological polar surface area (TPSA) is 63.7 Å². The van der Waals surface area contributed by atoms with Crippen LogP contribution in [-0.2, 0) is 14.3 Å². The van der Waals surface area contributed by atoms with E-state index < -0.39 is 6.09 Å². The summed E-state index contributed by atoms with van der Waals surface area (Å²) in [6.07, 6.45) is -0.423. The zero-order valence-electron chi connectivity index (χ0n) is 6.70. The van der Waals surface area contributed by atoms with Crippen LogP contribution in [0, 0.1) is 0 Å². The maximum absolute atomic E-state index is 11.0. The van der Waals surface area contributed by atoms with Gasteiger partial charge in [-0.2, -0.15) is 0 Å². The van der Waals surface area contributed by atoms with Gasteiger partial charge in [-0.25, -0.2) is 9.69 Å². The molecule has 5 nitrogen and oxygen atoms in total. The molecule has 0 atom stereocenters. The van der Waals surface area contributed by atoms with Crippen LogP contribution in [0.4, 0.5) is 4.79 Å². The molecule has 1 heterocycles. The number of carbonyl (C=O) groups excluding carboxylic acids is 3. The van der Waals surface area contributed by atoms with Crippen molar-refractivity contribution in [3.63, 3.8) is 0 Å². The molecule has 0 spiro atoms. The van der Waals surface area contributed by atoms with Crippen molar-refractivity contribution >= 4 is 17.8 Å². The maximum Gasteiger partial charge on any atom is 0.416 e. The summed E-state index contributed by atoms with van der Waals surface area (Å²) in [6.45, 7) is -0.147. The van der Waals surface area contributed by atoms with Gasteiger partial charge in [-0.3, -0.25) is 9.59 Å². The molecular formula is C7H9NO4. The van der Waals surface area contributed by atoms with Crippen LogP contribution in [0.5, 0.6) is 0 Å². The zero-order chi connectivity index (χ0) is 9.14. The summed E-state index contributed by atoms with van der Waals surface area (Å²) in [5, 5.41) is 0. The smallest absolute Gasteiger partial charge is 0.416 e. The molecule has 1 rings (SSSR count). The summed E-state index contributed by atoms with van der Waals surface area (Å²) in [4.78, 5) is 33.5. The summed E-state index contributed by atoms with van der Waals surface area (Å²) < 4.78 is 4.32. The number of imide groups is 1. The first kappa shape index (κ1) is 8.70. The van der Waals surface area contributed by atoms with Gasteiger partial charge in [-0.05, 0) is 0 Å². The van der Waals surface area contributed by atoms with Gasteiger partial charge in [-0.15, -0.1) is 0 Å². The van der Waals surface area contributed by atoms with E-state index in [1.165, 1.54) is 7.11 Å². The molecular weight excluding hydrogens is 162 g/mol. The highest BCUT2D eigenvalue weighted by atomic mass is 16.5. The van der Waals surface area contributed by atoms with Crippen molar-refractivity contribution in [2.75, 3.05) is 13.7 Å². The Balaban J connectivity index is 2.67. The lowest BCUT2D eigenvalue weighted by atomic mass is 10.1. The number of rotatable bonds is 0. The van der Waals surface area contributed by atoms with Gasteiger partial charge in [-0.1, -0.05) is 0 Å². The third-order valence-electron chi connectivity index (χ3n) is 1.65. The van der Waals surface area contributed by atoms with E-state index in [0.29, 0.717) is 0 Å². The van der Waals surface area contributed by atoms with Gasteiger partial charge in [0.05, 0.1) is 13.7 Å². The van der Waals surface area contributed by atoms with Crippen LogP contribution < -0.4 is 0 Å². The van der Waals surface area contributed by atoms with E-state index in [4.69, 9.17) is 0 Å². The van der Waals surface area contributed by atoms with Crippen LogP contribution in [0.15, 0.2) is 0 Å². The van der Waals surface area contributed by atoms with Crippen LogP contribution >= 0.6 is 0 Å². The van der Waals surface area contributed by atoms with E-state index >= 15 is 0 Å². The molecule has 0 N–H and O–H groups in total. The van der Waals surface area contributed by atoms with Gasteiger partial charge in [0.2, 0.25) is 5.91 Å². The Kier molecular flexibility index (Phi) is 2.42. The molecule has 5 heteroatoms. The minimum Gasteiger partial charge on any atom is -0.452 e. The number of nitrogens with zero attached hydrogens (tertiary/aromatic N) is 1. The van der Waals surface area contributed by atoms with Crippen molar-refractivity contribution in [2.24, 2.45) is 0 Å². The number of ketones is 1. The molecule has 1 saturated heterocycles. The van der Waals surface area contributed by atoms with Gasteiger partial charge in [0.1, 0.15) is 0 Å². The number of hydrogen-bond acceptors (Lipinski definition) is 4. The number of hydrogen-bond donors (Lipinski definition) is 0. The summed E-state index contributed by atoms with van der Waals surface area (Å²) in [5.41, 5.74) is 0. The Bertz CT molecular complexity index is 228. The normalized spacial score (nSPS) is 17.9. The molecule has 0 bridgehead atoms. The maximum atomic E-state index is 11.0. The largest absolute Gasteiger partial charge is 0.452 e. The lowest BCUT2D eigenvalue weighted by Gasteiger charge is -2.21. The number of piperidine rings is 1. The van der Waals surface area contributed by atoms with Gasteiger partial charge in [0.15, 0.2) is 5.78 Å². The molecule has 0 aromatic rings. The molecule has 0 unspecified atom stereocenters. The molecule has 66 valence electrons. The first-order chi connectivity index (χ1) is 5.65. The third kappa shape index (κ3) is 1.61. The molecule has 0 aromatic heterocycles. The molecule has 2 amide bonds. The second kappa shape index (κ2) is 3.34. The molecule has 1 aliphatic rings. The monoisotopic (exact) mass is 171 g/mol. The Morgan fingerprint density at radius 2 is 2.08 bits per heavy atom. The van der Waals surface area contributed by atoms with E-state index in [2.05, 4.69) is 4.74 Å². The van der Waals surface area contributed by atoms with Crippen LogP contribution in [0.2, 0.25) is 0 Å². The lowest BCUT2D eigenvalue weighted by molar-refractivity contribution is -0.138. The fourth-order valence-electron chi connectivity index (χ4n) is 1.00. The fraction of sp³-hybridized carbons (Fsp3) is 0.571. The van der Waals surface area contributed by atoms with E-state index in [1.54, 1.807) is 0 Å². The highest BCUT2D eigenvalue weighted by molar-refractivity contribution is 6.01. The van der Waals surface area contributed by atoms with Gasteiger partial charge >= 0.3 is 6.09 Å². The van der Waals surface area contributed by atoms with Crippen LogP contribution in [0.3, 0.4) is 0 Å². The summed E-state index contributed by atoms with van der Waals surface area (Å²) >= 11 is 0. The standard InChI is InChI=1S/C7H9NO4/c1-12-7(11)8-4-5(9)2-3-6(8)10/h2-4H2,1H3. The second-order valence-corrected chi connectivity index (χ2v) is 2.49. The molecule has 0 aromatic carbocycles. The van der Waals surface area contributed by atoms with Gasteiger partial charge < -0.3 is 4.74 Å². The van der Waals surface area contributed by atoms with Crippen molar-refractivity contribution in [3.05, 3.63) is 0 Å². The van der Waals surface area contributed by atoms with Gasteiger partial charge in [0.25, 0.3) is 0 Å². The van der Waals surface area contributed by atoms with Crippen LogP contribution in [0.1, 0.15) is 12.8 Å². The first-order valence-corrected chi connectivity index (χ1v) is 3.55. The van der Waals surface area contributed by atoms with Crippen LogP contribution in [0.25, 0.3) is 0 Å². The van der Waals surface area contributed by atoms with Crippen molar-refractivity contribution in [1.29, 1.82) is 0 Å². The number of methoxy groups -OCH3 is 1. The van der Waals surface area contributed by atoms with E-state index in [9.17, 15) is 14.4 Å². The van der Waals surface area contributed by atoms with Crippen molar-refractivity contribution in [3.8, 4) is 0 Å². The third-order valence-corrected chi connectivity index (χ3v) is 1.65. The molecule has 0 radical (unpaired) electrons. The second-order valence-electron chi connectivity index (χ2n) is 2.49. The zero-order valence-corrected chi connectivity index (χ0v) is 6.70. The van der Waals surface area contributed by atoms with E-state index in [1.807, 2.05) is 0 Å². The first-order valence-electron chi connectivity index (χ1n) is 3.55. The molecule has 12 heavy (non-hydrogen) atoms. The quantitative estimate of drug-likeness (QED) is 0.512. The molecule has 1 fully saturated rings. The minimum absolute atomic E-state index is 0.105. The van der Waals surface area contributed by atoms with E-state index in [0.717, 1.165) is 4.90 Å². The predicted octanol–water partition coefficient (Wildman–Crippen LogP) is -0.0557. The number of Topliss-reactive ketones (excluding diaryl/α,β-unsaturated/α-hetero) is 1. The summed E-state index contributed by atoms with van der Waals surface area (Å²) in [5.74, 6) is -0.457. The van der Waals surface area contributed by atoms with Crippen molar-refractivity contribution in [1.82, 2.24) is 4.90 Å². The number of carbonyl (C=O) groups is 3. The predicted molar refractivity (Wildman–Crippen MR) is 38.4 cm³/mol. The Morgan fingerprint density at radius 3 is 2.67 bits per heavy atom. The fourth-order valence-corrected chi connectivity index (χ4v) is 1.00. The van der Waals surface area contributed by atoms with Gasteiger partial charge in [0, 0.05) is 12.8 Å². The number of likely N-dealkylation sites (tertiary alicyclic amines) is 1. The number of ether oxygens (including phenoxy) is 1. The Morgan fingerprint density at radius 1 is 1.42 bits per heavy atom. The average Bonchev–Trinajstić information content (AvgIpc) is 2.08. The van der Waals surface area contributed by atoms with Crippen LogP contribution in [-0.4, -0.2) is 36.3 Å². The summed E-state index contributed by atoms with van der Waals surface area (Å²) in [7, 11) is 1.18. The average molecular weight is 171 g/mol. The highest BCUT2D eigenvalue weighted by Crippen LogP contribution is 2.08. The SMILES string of the molecule is COC(=O)N1CC(=O)CCC1=O. The van der Waals surface area contributed by atoms with E-state index in [-0.39, 0.29) is 31.1 Å². The minimum atomic E-state index is -0.756. The van der Waals surface area contributed by atoms with Crippen molar-refractivity contribution < 1.29 is 19.1 Å². The lowest BCUT2D eigenvalue weighted by Crippen LogP contribution is -2.44. The Labute approximate surface area is 69.3 Å². The molecule has 1 aliphatic heterocycles.